The predicted molar refractivity (Wildman–Crippen MR) is 79.9 cm³/mol. The minimum atomic E-state index is -0.327. The molecule has 0 saturated carbocycles. The fourth-order valence-electron chi connectivity index (χ4n) is 2.92. The van der Waals surface area contributed by atoms with Crippen LogP contribution >= 0.6 is 0 Å². The fraction of sp³-hybridized carbons (Fsp3) is 0.500. The van der Waals surface area contributed by atoms with E-state index in [-0.39, 0.29) is 24.3 Å². The molecule has 0 bridgehead atoms. The van der Waals surface area contributed by atoms with Crippen molar-refractivity contribution in [2.24, 2.45) is 11.8 Å². The second-order valence-electron chi connectivity index (χ2n) is 5.52. The van der Waals surface area contributed by atoms with E-state index in [2.05, 4.69) is 6.92 Å². The third-order valence-electron chi connectivity index (χ3n) is 4.07. The van der Waals surface area contributed by atoms with Crippen LogP contribution in [0.25, 0.3) is 0 Å². The van der Waals surface area contributed by atoms with Crippen LogP contribution in [0.4, 0.5) is 5.69 Å². The highest BCUT2D eigenvalue weighted by atomic mass is 16.5. The Bertz CT molecular complexity index is 478. The van der Waals surface area contributed by atoms with Crippen LogP contribution in [0.1, 0.15) is 26.2 Å². The van der Waals surface area contributed by atoms with Crippen molar-refractivity contribution in [2.75, 3.05) is 18.0 Å². The van der Waals surface area contributed by atoms with E-state index in [1.165, 1.54) is 0 Å². The smallest absolute Gasteiger partial charge is 0.233 e. The number of unbranched alkanes of at least 4 members (excludes halogenated alkanes) is 1. The number of hydrogen-bond acceptors (Lipinski definition) is 3. The maximum atomic E-state index is 12.6. The molecule has 2 rings (SSSR count). The molecule has 0 spiro atoms. The fourth-order valence-corrected chi connectivity index (χ4v) is 2.92. The maximum Gasteiger partial charge on any atom is 0.233 e. The number of benzene rings is 1. The molecule has 1 N–H and O–H groups in total. The zero-order chi connectivity index (χ0) is 15.2. The first-order chi connectivity index (χ1) is 10.2. The van der Waals surface area contributed by atoms with E-state index >= 15 is 0 Å². The third-order valence-corrected chi connectivity index (χ3v) is 4.07. The summed E-state index contributed by atoms with van der Waals surface area (Å²) in [5.74, 6) is -0.164. The first kappa shape index (κ1) is 15.5. The molecular formula is C16H22N2O3. The van der Waals surface area contributed by atoms with E-state index in [9.17, 15) is 14.8 Å². The Morgan fingerprint density at radius 2 is 2.10 bits per heavy atom. The molecule has 0 aliphatic carbocycles. The Balaban J connectivity index is 2.16. The van der Waals surface area contributed by atoms with Crippen molar-refractivity contribution in [3.63, 3.8) is 0 Å². The Kier molecular flexibility index (Phi) is 5.33. The first-order valence-corrected chi connectivity index (χ1v) is 7.44. The van der Waals surface area contributed by atoms with Gasteiger partial charge in [0.25, 0.3) is 0 Å². The summed E-state index contributed by atoms with van der Waals surface area (Å²) in [7, 11) is 0. The summed E-state index contributed by atoms with van der Waals surface area (Å²) >= 11 is 0. The van der Waals surface area contributed by atoms with Crippen molar-refractivity contribution in [3.8, 4) is 0 Å². The van der Waals surface area contributed by atoms with Crippen LogP contribution in [-0.4, -0.2) is 35.7 Å². The second kappa shape index (κ2) is 7.22. The van der Waals surface area contributed by atoms with Gasteiger partial charge >= 0.3 is 0 Å². The van der Waals surface area contributed by atoms with Gasteiger partial charge in [0.05, 0.1) is 12.5 Å². The van der Waals surface area contributed by atoms with Gasteiger partial charge in [-0.05, 0) is 24.5 Å². The van der Waals surface area contributed by atoms with E-state index < -0.39 is 0 Å². The summed E-state index contributed by atoms with van der Waals surface area (Å²) in [6, 6.07) is 9.54. The molecule has 21 heavy (non-hydrogen) atoms. The van der Waals surface area contributed by atoms with Gasteiger partial charge in [-0.3, -0.25) is 14.8 Å². The number of rotatable bonds is 7. The van der Waals surface area contributed by atoms with Crippen molar-refractivity contribution in [2.45, 2.75) is 26.2 Å². The molecule has 1 saturated heterocycles. The number of nitrogens with zero attached hydrogens (tertiary/aromatic N) is 2. The maximum absolute atomic E-state index is 12.6. The van der Waals surface area contributed by atoms with Gasteiger partial charge in [-0.25, -0.2) is 5.06 Å². The van der Waals surface area contributed by atoms with E-state index in [0.29, 0.717) is 18.0 Å². The lowest BCUT2D eigenvalue weighted by Crippen LogP contribution is -2.34. The van der Waals surface area contributed by atoms with Gasteiger partial charge < -0.3 is 4.90 Å². The Morgan fingerprint density at radius 1 is 1.38 bits per heavy atom. The van der Waals surface area contributed by atoms with Crippen molar-refractivity contribution in [1.29, 1.82) is 0 Å². The van der Waals surface area contributed by atoms with Gasteiger partial charge in [-0.2, -0.15) is 0 Å². The average Bonchev–Trinajstić information content (AvgIpc) is 2.82. The van der Waals surface area contributed by atoms with Crippen LogP contribution in [0.3, 0.4) is 0 Å². The normalized spacial score (nSPS) is 21.6. The quantitative estimate of drug-likeness (QED) is 0.476. The minimum Gasteiger partial charge on any atom is -0.312 e. The number of para-hydroxylation sites is 1. The summed E-state index contributed by atoms with van der Waals surface area (Å²) in [6.07, 6.45) is 3.40. The van der Waals surface area contributed by atoms with Crippen molar-refractivity contribution >= 4 is 18.0 Å². The standard InChI is InChI=1S/C16H22N2O3/c1-2-3-7-13-10-18(14-8-5-4-6-9-14)16(20)15(13)11-17(21)12-19/h4-6,8-9,12-13,15,21H,2-3,7,10-11H2,1H3. The number of carbonyl (C=O) groups is 2. The Morgan fingerprint density at radius 3 is 2.71 bits per heavy atom. The van der Waals surface area contributed by atoms with Gasteiger partial charge in [-0.1, -0.05) is 38.0 Å². The van der Waals surface area contributed by atoms with Gasteiger partial charge in [0.2, 0.25) is 12.3 Å². The monoisotopic (exact) mass is 290 g/mol. The van der Waals surface area contributed by atoms with E-state index in [4.69, 9.17) is 0 Å². The van der Waals surface area contributed by atoms with Crippen LogP contribution in [0, 0.1) is 11.8 Å². The van der Waals surface area contributed by atoms with Crippen molar-refractivity contribution in [1.82, 2.24) is 5.06 Å². The van der Waals surface area contributed by atoms with Crippen LogP contribution in [0.2, 0.25) is 0 Å². The molecule has 5 heteroatoms. The van der Waals surface area contributed by atoms with Gasteiger partial charge in [0, 0.05) is 12.2 Å². The van der Waals surface area contributed by atoms with E-state index in [0.717, 1.165) is 24.9 Å². The largest absolute Gasteiger partial charge is 0.312 e. The van der Waals surface area contributed by atoms with Gasteiger partial charge in [0.1, 0.15) is 0 Å². The highest BCUT2D eigenvalue weighted by molar-refractivity contribution is 5.97. The molecular weight excluding hydrogens is 268 g/mol. The summed E-state index contributed by atoms with van der Waals surface area (Å²) in [4.78, 5) is 25.0. The highest BCUT2D eigenvalue weighted by Gasteiger charge is 2.41. The molecule has 2 atom stereocenters. The van der Waals surface area contributed by atoms with Crippen LogP contribution in [-0.2, 0) is 9.59 Å². The van der Waals surface area contributed by atoms with Crippen LogP contribution in [0.15, 0.2) is 30.3 Å². The number of hydroxylamine groups is 2. The molecule has 1 aliphatic rings. The molecule has 1 aromatic carbocycles. The molecule has 2 unspecified atom stereocenters. The Hall–Kier alpha value is -1.88. The van der Waals surface area contributed by atoms with Gasteiger partial charge in [0.15, 0.2) is 0 Å². The number of carbonyl (C=O) groups excluding carboxylic acids is 2. The van der Waals surface area contributed by atoms with Crippen LogP contribution in [0.5, 0.6) is 0 Å². The summed E-state index contributed by atoms with van der Waals surface area (Å²) in [5, 5.41) is 10.0. The highest BCUT2D eigenvalue weighted by Crippen LogP contribution is 2.32. The molecule has 0 aromatic heterocycles. The summed E-state index contributed by atoms with van der Waals surface area (Å²) < 4.78 is 0. The number of hydrogen-bond donors (Lipinski definition) is 1. The van der Waals surface area contributed by atoms with Gasteiger partial charge in [-0.15, -0.1) is 0 Å². The van der Waals surface area contributed by atoms with Crippen LogP contribution < -0.4 is 4.90 Å². The number of anilines is 1. The molecule has 1 aromatic rings. The van der Waals surface area contributed by atoms with E-state index in [1.807, 2.05) is 30.3 Å². The predicted octanol–water partition coefficient (Wildman–Crippen LogP) is 2.30. The number of amides is 2. The molecule has 1 heterocycles. The lowest BCUT2D eigenvalue weighted by Gasteiger charge is -2.19. The van der Waals surface area contributed by atoms with Crippen molar-refractivity contribution < 1.29 is 14.8 Å². The Labute approximate surface area is 125 Å². The molecule has 0 radical (unpaired) electrons. The first-order valence-electron chi connectivity index (χ1n) is 7.44. The average molecular weight is 290 g/mol. The molecule has 1 fully saturated rings. The zero-order valence-corrected chi connectivity index (χ0v) is 12.3. The third kappa shape index (κ3) is 3.61. The molecule has 114 valence electrons. The second-order valence-corrected chi connectivity index (χ2v) is 5.52. The molecule has 5 nitrogen and oxygen atoms in total. The lowest BCUT2D eigenvalue weighted by atomic mass is 9.90. The summed E-state index contributed by atoms with van der Waals surface area (Å²) in [5.41, 5.74) is 0.877. The van der Waals surface area contributed by atoms with Crippen molar-refractivity contribution in [3.05, 3.63) is 30.3 Å². The van der Waals surface area contributed by atoms with E-state index in [1.54, 1.807) is 4.90 Å². The minimum absolute atomic E-state index is 0.0109. The SMILES string of the molecule is CCCCC1CN(c2ccccc2)C(=O)C1CN(O)C=O. The topological polar surface area (TPSA) is 60.9 Å². The summed E-state index contributed by atoms with van der Waals surface area (Å²) in [6.45, 7) is 2.84. The lowest BCUT2D eigenvalue weighted by molar-refractivity contribution is -0.154. The molecule has 2 amide bonds. The molecule has 1 aliphatic heterocycles. The zero-order valence-electron chi connectivity index (χ0n) is 12.3.